The second-order valence-electron chi connectivity index (χ2n) is 5.00. The van der Waals surface area contributed by atoms with Crippen LogP contribution in [-0.4, -0.2) is 23.1 Å². The summed E-state index contributed by atoms with van der Waals surface area (Å²) in [5.74, 6) is 0.187. The molecule has 116 valence electrons. The van der Waals surface area contributed by atoms with E-state index < -0.39 is 0 Å². The average molecular weight is 308 g/mol. The zero-order valence-electron chi connectivity index (χ0n) is 12.5. The molecule has 0 unspecified atom stereocenters. The summed E-state index contributed by atoms with van der Waals surface area (Å²) in [6.07, 6.45) is 4.88. The molecule has 3 rings (SSSR count). The molecule has 0 atom stereocenters. The van der Waals surface area contributed by atoms with E-state index in [4.69, 9.17) is 4.74 Å². The molecule has 0 aliphatic heterocycles. The zero-order chi connectivity index (χ0) is 16.2. The molecule has 5 heteroatoms. The van der Waals surface area contributed by atoms with Gasteiger partial charge in [-0.3, -0.25) is 4.79 Å². The lowest BCUT2D eigenvalue weighted by molar-refractivity contribution is -0.111. The van der Waals surface area contributed by atoms with Crippen LogP contribution in [0.2, 0.25) is 0 Å². The normalized spacial score (nSPS) is 11.0. The first-order chi connectivity index (χ1) is 11.2. The fourth-order valence-corrected chi connectivity index (χ4v) is 2.35. The van der Waals surface area contributed by atoms with Crippen molar-refractivity contribution in [2.45, 2.75) is 0 Å². The van der Waals surface area contributed by atoms with Crippen LogP contribution in [0.1, 0.15) is 5.56 Å². The Balaban J connectivity index is 1.74. The number of aromatic nitrogens is 1. The summed E-state index contributed by atoms with van der Waals surface area (Å²) in [5.41, 5.74) is 2.42. The SMILES string of the molecule is COc1ccc(/C=C/C(=O)Nc2cccc3[nH]ccc23)cc1O. The lowest BCUT2D eigenvalue weighted by atomic mass is 10.2. The fraction of sp³-hybridized carbons (Fsp3) is 0.0556. The van der Waals surface area contributed by atoms with Gasteiger partial charge in [0.15, 0.2) is 11.5 Å². The van der Waals surface area contributed by atoms with E-state index in [1.165, 1.54) is 19.3 Å². The number of phenols is 1. The maximum atomic E-state index is 12.1. The average Bonchev–Trinajstić information content (AvgIpc) is 3.03. The van der Waals surface area contributed by atoms with E-state index in [-0.39, 0.29) is 11.7 Å². The third-order valence-electron chi connectivity index (χ3n) is 3.48. The first-order valence-corrected chi connectivity index (χ1v) is 7.09. The highest BCUT2D eigenvalue weighted by Crippen LogP contribution is 2.27. The maximum absolute atomic E-state index is 12.1. The highest BCUT2D eigenvalue weighted by molar-refractivity contribution is 6.07. The van der Waals surface area contributed by atoms with Gasteiger partial charge in [0.1, 0.15) is 0 Å². The van der Waals surface area contributed by atoms with E-state index in [1.54, 1.807) is 18.2 Å². The van der Waals surface area contributed by atoms with Gasteiger partial charge in [-0.2, -0.15) is 0 Å². The first-order valence-electron chi connectivity index (χ1n) is 7.09. The Morgan fingerprint density at radius 2 is 2.13 bits per heavy atom. The summed E-state index contributed by atoms with van der Waals surface area (Å²) in [6.45, 7) is 0. The van der Waals surface area contributed by atoms with E-state index in [2.05, 4.69) is 10.3 Å². The molecule has 1 aromatic heterocycles. The molecule has 1 amide bonds. The van der Waals surface area contributed by atoms with Crippen molar-refractivity contribution in [1.29, 1.82) is 0 Å². The van der Waals surface area contributed by atoms with Gasteiger partial charge in [0.05, 0.1) is 12.8 Å². The summed E-state index contributed by atoms with van der Waals surface area (Å²) >= 11 is 0. The van der Waals surface area contributed by atoms with Crippen molar-refractivity contribution in [1.82, 2.24) is 4.98 Å². The molecular formula is C18H16N2O3. The molecule has 0 saturated carbocycles. The number of hydrogen-bond donors (Lipinski definition) is 3. The predicted octanol–water partition coefficient (Wildman–Crippen LogP) is 3.53. The Kier molecular flexibility index (Phi) is 4.01. The summed E-state index contributed by atoms with van der Waals surface area (Å²) in [6, 6.07) is 12.5. The number of amides is 1. The van der Waals surface area contributed by atoms with Gasteiger partial charge in [-0.15, -0.1) is 0 Å². The molecule has 5 nitrogen and oxygen atoms in total. The number of carbonyl (C=O) groups excluding carboxylic acids is 1. The summed E-state index contributed by atoms with van der Waals surface area (Å²) < 4.78 is 4.98. The molecule has 0 fully saturated rings. The highest BCUT2D eigenvalue weighted by Gasteiger charge is 2.04. The van der Waals surface area contributed by atoms with Crippen LogP contribution in [0, 0.1) is 0 Å². The Hall–Kier alpha value is -3.21. The number of ether oxygens (including phenoxy) is 1. The fourth-order valence-electron chi connectivity index (χ4n) is 2.35. The standard InChI is InChI=1S/C18H16N2O3/c1-23-17-7-5-12(11-16(17)21)6-8-18(22)20-15-4-2-3-14-13(15)9-10-19-14/h2-11,19,21H,1H3,(H,20,22)/b8-6+. The number of carbonyl (C=O) groups is 1. The number of rotatable bonds is 4. The second-order valence-corrected chi connectivity index (χ2v) is 5.00. The van der Waals surface area contributed by atoms with E-state index in [9.17, 15) is 9.90 Å². The molecule has 2 aromatic carbocycles. The summed E-state index contributed by atoms with van der Waals surface area (Å²) in [4.78, 5) is 15.2. The van der Waals surface area contributed by atoms with E-state index in [0.29, 0.717) is 11.3 Å². The number of fused-ring (bicyclic) bond motifs is 1. The van der Waals surface area contributed by atoms with Crippen LogP contribution in [-0.2, 0) is 4.79 Å². The number of phenolic OH excluding ortho intramolecular Hbond substituents is 1. The van der Waals surface area contributed by atoms with Crippen molar-refractivity contribution in [3.63, 3.8) is 0 Å². The number of benzene rings is 2. The predicted molar refractivity (Wildman–Crippen MR) is 90.6 cm³/mol. The van der Waals surface area contributed by atoms with Crippen LogP contribution < -0.4 is 10.1 Å². The lowest BCUT2D eigenvalue weighted by Crippen LogP contribution is -2.07. The minimum atomic E-state index is -0.242. The molecule has 0 radical (unpaired) electrons. The van der Waals surface area contributed by atoms with Crippen LogP contribution >= 0.6 is 0 Å². The Morgan fingerprint density at radius 3 is 2.91 bits per heavy atom. The Morgan fingerprint density at radius 1 is 1.26 bits per heavy atom. The van der Waals surface area contributed by atoms with Gasteiger partial charge in [0, 0.05) is 23.2 Å². The quantitative estimate of drug-likeness (QED) is 0.645. The largest absolute Gasteiger partial charge is 0.504 e. The number of methoxy groups -OCH3 is 1. The van der Waals surface area contributed by atoms with Crippen molar-refractivity contribution in [2.24, 2.45) is 0 Å². The topological polar surface area (TPSA) is 74.3 Å². The number of nitrogens with one attached hydrogen (secondary N) is 2. The number of hydrogen-bond acceptors (Lipinski definition) is 3. The van der Waals surface area contributed by atoms with Crippen LogP contribution in [0.25, 0.3) is 17.0 Å². The van der Waals surface area contributed by atoms with E-state index in [1.807, 2.05) is 30.5 Å². The monoisotopic (exact) mass is 308 g/mol. The molecule has 0 saturated heterocycles. The van der Waals surface area contributed by atoms with Gasteiger partial charge >= 0.3 is 0 Å². The minimum absolute atomic E-state index is 0.0344. The van der Waals surface area contributed by atoms with Gasteiger partial charge in [-0.1, -0.05) is 12.1 Å². The molecule has 0 bridgehead atoms. The molecular weight excluding hydrogens is 292 g/mol. The number of anilines is 1. The van der Waals surface area contributed by atoms with Crippen LogP contribution in [0.5, 0.6) is 11.5 Å². The maximum Gasteiger partial charge on any atom is 0.248 e. The molecule has 0 spiro atoms. The van der Waals surface area contributed by atoms with Crippen LogP contribution in [0.4, 0.5) is 5.69 Å². The van der Waals surface area contributed by atoms with Crippen molar-refractivity contribution in [3.05, 3.63) is 60.3 Å². The van der Waals surface area contributed by atoms with Gasteiger partial charge in [0.25, 0.3) is 0 Å². The van der Waals surface area contributed by atoms with E-state index >= 15 is 0 Å². The van der Waals surface area contributed by atoms with E-state index in [0.717, 1.165) is 16.6 Å². The third-order valence-corrected chi connectivity index (χ3v) is 3.48. The zero-order valence-corrected chi connectivity index (χ0v) is 12.5. The minimum Gasteiger partial charge on any atom is -0.504 e. The summed E-state index contributed by atoms with van der Waals surface area (Å²) in [5, 5.41) is 13.5. The Bertz CT molecular complexity index is 881. The molecule has 1 heterocycles. The number of H-pyrrole nitrogens is 1. The molecule has 23 heavy (non-hydrogen) atoms. The van der Waals surface area contributed by atoms with Crippen molar-refractivity contribution < 1.29 is 14.6 Å². The van der Waals surface area contributed by atoms with Crippen molar-refractivity contribution in [2.75, 3.05) is 12.4 Å². The number of aromatic hydroxyl groups is 1. The van der Waals surface area contributed by atoms with Gasteiger partial charge in [0.2, 0.25) is 5.91 Å². The van der Waals surface area contributed by atoms with Crippen LogP contribution in [0.3, 0.4) is 0 Å². The molecule has 0 aliphatic carbocycles. The van der Waals surface area contributed by atoms with Gasteiger partial charge < -0.3 is 20.1 Å². The highest BCUT2D eigenvalue weighted by atomic mass is 16.5. The lowest BCUT2D eigenvalue weighted by Gasteiger charge is -2.05. The van der Waals surface area contributed by atoms with Crippen molar-refractivity contribution >= 4 is 28.6 Å². The van der Waals surface area contributed by atoms with Gasteiger partial charge in [-0.25, -0.2) is 0 Å². The summed E-state index contributed by atoms with van der Waals surface area (Å²) in [7, 11) is 1.49. The molecule has 3 aromatic rings. The smallest absolute Gasteiger partial charge is 0.248 e. The second kappa shape index (κ2) is 6.27. The van der Waals surface area contributed by atoms with Gasteiger partial charge in [-0.05, 0) is 42.0 Å². The third kappa shape index (κ3) is 3.18. The Labute approximate surface area is 133 Å². The number of aromatic amines is 1. The van der Waals surface area contributed by atoms with Crippen molar-refractivity contribution in [3.8, 4) is 11.5 Å². The van der Waals surface area contributed by atoms with Crippen LogP contribution in [0.15, 0.2) is 54.7 Å². The molecule has 3 N–H and O–H groups in total. The molecule has 0 aliphatic rings. The first kappa shape index (κ1) is 14.7.